The van der Waals surface area contributed by atoms with Crippen LogP contribution in [-0.2, 0) is 16.6 Å². The van der Waals surface area contributed by atoms with Crippen LogP contribution in [-0.4, -0.2) is 27.4 Å². The minimum atomic E-state index is -3.50. The molecule has 0 unspecified atom stereocenters. The van der Waals surface area contributed by atoms with Gasteiger partial charge in [-0.2, -0.15) is 0 Å². The van der Waals surface area contributed by atoms with Crippen molar-refractivity contribution in [1.29, 1.82) is 0 Å². The third-order valence-electron chi connectivity index (χ3n) is 3.41. The van der Waals surface area contributed by atoms with Crippen LogP contribution in [0.3, 0.4) is 0 Å². The highest BCUT2D eigenvalue weighted by molar-refractivity contribution is 9.10. The minimum absolute atomic E-state index is 0.184. The van der Waals surface area contributed by atoms with Crippen molar-refractivity contribution in [2.75, 3.05) is 17.8 Å². The molecule has 132 valence electrons. The summed E-state index contributed by atoms with van der Waals surface area (Å²) in [6.07, 6.45) is 1.03. The highest BCUT2D eigenvalue weighted by Crippen LogP contribution is 2.32. The summed E-state index contributed by atoms with van der Waals surface area (Å²) in [7, 11) is -3.50. The third kappa shape index (κ3) is 4.43. The predicted octanol–water partition coefficient (Wildman–Crippen LogP) is 2.48. The second-order valence-corrected chi connectivity index (χ2v) is 8.10. The standard InChI is InChI=1S/C16H15BrN2O5S/c1-25(21,22)19-13-4-3-11(17)7-12(13)16(20)18-8-10-2-5-14-15(6-10)24-9-23-14/h2-7,19H,8-9H2,1H3,(H,18,20). The van der Waals surface area contributed by atoms with E-state index in [9.17, 15) is 13.2 Å². The molecule has 2 N–H and O–H groups in total. The first-order valence-corrected chi connectivity index (χ1v) is 9.94. The van der Waals surface area contributed by atoms with E-state index >= 15 is 0 Å². The Labute approximate surface area is 153 Å². The summed E-state index contributed by atoms with van der Waals surface area (Å²) < 4.78 is 36.5. The normalized spacial score (nSPS) is 12.7. The van der Waals surface area contributed by atoms with E-state index in [1.807, 2.05) is 6.07 Å². The molecule has 25 heavy (non-hydrogen) atoms. The molecule has 0 fully saturated rings. The Kier molecular flexibility index (Phi) is 4.87. The number of carbonyl (C=O) groups is 1. The van der Waals surface area contributed by atoms with Crippen LogP contribution in [0, 0.1) is 0 Å². The van der Waals surface area contributed by atoms with E-state index in [4.69, 9.17) is 9.47 Å². The maximum Gasteiger partial charge on any atom is 0.253 e. The molecule has 1 heterocycles. The fraction of sp³-hybridized carbons (Fsp3) is 0.188. The second-order valence-electron chi connectivity index (χ2n) is 5.43. The smallest absolute Gasteiger partial charge is 0.253 e. The molecule has 0 bridgehead atoms. The number of sulfonamides is 1. The largest absolute Gasteiger partial charge is 0.454 e. The van der Waals surface area contributed by atoms with Gasteiger partial charge < -0.3 is 14.8 Å². The van der Waals surface area contributed by atoms with E-state index in [1.54, 1.807) is 24.3 Å². The van der Waals surface area contributed by atoms with Crippen molar-refractivity contribution in [1.82, 2.24) is 5.32 Å². The van der Waals surface area contributed by atoms with Gasteiger partial charge in [0.15, 0.2) is 11.5 Å². The lowest BCUT2D eigenvalue weighted by molar-refractivity contribution is 0.0951. The van der Waals surface area contributed by atoms with Crippen LogP contribution in [0.5, 0.6) is 11.5 Å². The number of hydrogen-bond donors (Lipinski definition) is 2. The van der Waals surface area contributed by atoms with Crippen LogP contribution >= 0.6 is 15.9 Å². The number of hydrogen-bond acceptors (Lipinski definition) is 5. The number of ether oxygens (including phenoxy) is 2. The summed E-state index contributed by atoms with van der Waals surface area (Å²) in [6.45, 7) is 0.448. The van der Waals surface area contributed by atoms with Gasteiger partial charge in [0, 0.05) is 11.0 Å². The maximum absolute atomic E-state index is 12.5. The first-order valence-electron chi connectivity index (χ1n) is 7.26. The van der Waals surface area contributed by atoms with Crippen molar-refractivity contribution in [2.45, 2.75) is 6.54 Å². The van der Waals surface area contributed by atoms with Gasteiger partial charge in [-0.25, -0.2) is 8.42 Å². The molecule has 0 aliphatic carbocycles. The molecule has 0 spiro atoms. The Morgan fingerprint density at radius 2 is 1.92 bits per heavy atom. The van der Waals surface area contributed by atoms with Gasteiger partial charge in [-0.3, -0.25) is 9.52 Å². The summed E-state index contributed by atoms with van der Waals surface area (Å²) in [5.41, 5.74) is 1.28. The number of anilines is 1. The SMILES string of the molecule is CS(=O)(=O)Nc1ccc(Br)cc1C(=O)NCc1ccc2c(c1)OCO2. The molecular formula is C16H15BrN2O5S. The number of rotatable bonds is 5. The molecular weight excluding hydrogens is 412 g/mol. The van der Waals surface area contributed by atoms with Gasteiger partial charge in [0.25, 0.3) is 5.91 Å². The first-order chi connectivity index (χ1) is 11.8. The fourth-order valence-corrected chi connectivity index (χ4v) is 3.26. The number of amides is 1. The Morgan fingerprint density at radius 3 is 2.68 bits per heavy atom. The van der Waals surface area contributed by atoms with E-state index < -0.39 is 15.9 Å². The molecule has 3 rings (SSSR count). The van der Waals surface area contributed by atoms with E-state index in [2.05, 4.69) is 26.0 Å². The molecule has 1 aliphatic heterocycles. The van der Waals surface area contributed by atoms with Gasteiger partial charge in [0.1, 0.15) is 0 Å². The maximum atomic E-state index is 12.5. The molecule has 2 aromatic carbocycles. The zero-order valence-corrected chi connectivity index (χ0v) is 15.6. The Bertz CT molecular complexity index is 930. The lowest BCUT2D eigenvalue weighted by atomic mass is 10.1. The highest BCUT2D eigenvalue weighted by Gasteiger charge is 2.16. The van der Waals surface area contributed by atoms with Crippen molar-refractivity contribution < 1.29 is 22.7 Å². The number of nitrogens with one attached hydrogen (secondary N) is 2. The Morgan fingerprint density at radius 1 is 1.16 bits per heavy atom. The summed E-state index contributed by atoms with van der Waals surface area (Å²) in [4.78, 5) is 12.5. The monoisotopic (exact) mass is 426 g/mol. The van der Waals surface area contributed by atoms with Crippen LogP contribution in [0.25, 0.3) is 0 Å². The summed E-state index contributed by atoms with van der Waals surface area (Å²) in [5.74, 6) is 0.903. The zero-order chi connectivity index (χ0) is 18.0. The molecule has 2 aromatic rings. The summed E-state index contributed by atoms with van der Waals surface area (Å²) >= 11 is 3.29. The average molecular weight is 427 g/mol. The third-order valence-corrected chi connectivity index (χ3v) is 4.50. The van der Waals surface area contributed by atoms with Crippen molar-refractivity contribution in [3.05, 3.63) is 52.0 Å². The lowest BCUT2D eigenvalue weighted by Gasteiger charge is -2.12. The van der Waals surface area contributed by atoms with E-state index in [0.29, 0.717) is 16.0 Å². The molecule has 7 nitrogen and oxygen atoms in total. The average Bonchev–Trinajstić information content (AvgIpc) is 3.00. The molecule has 0 saturated carbocycles. The van der Waals surface area contributed by atoms with Crippen LogP contribution in [0.2, 0.25) is 0 Å². The van der Waals surface area contributed by atoms with E-state index in [1.165, 1.54) is 6.07 Å². The van der Waals surface area contributed by atoms with Gasteiger partial charge >= 0.3 is 0 Å². The molecule has 9 heteroatoms. The lowest BCUT2D eigenvalue weighted by Crippen LogP contribution is -2.24. The van der Waals surface area contributed by atoms with Crippen LogP contribution in [0.15, 0.2) is 40.9 Å². The van der Waals surface area contributed by atoms with Crippen molar-refractivity contribution in [3.63, 3.8) is 0 Å². The number of carbonyl (C=O) groups excluding carboxylic acids is 1. The van der Waals surface area contributed by atoms with Crippen LogP contribution < -0.4 is 19.5 Å². The second kappa shape index (κ2) is 6.93. The quantitative estimate of drug-likeness (QED) is 0.765. The summed E-state index contributed by atoms with van der Waals surface area (Å²) in [5, 5.41) is 2.77. The molecule has 1 aliphatic rings. The van der Waals surface area contributed by atoms with Crippen LogP contribution in [0.1, 0.15) is 15.9 Å². The van der Waals surface area contributed by atoms with Gasteiger partial charge in [-0.1, -0.05) is 22.0 Å². The minimum Gasteiger partial charge on any atom is -0.454 e. The predicted molar refractivity (Wildman–Crippen MR) is 96.3 cm³/mol. The van der Waals surface area contributed by atoms with Gasteiger partial charge in [-0.15, -0.1) is 0 Å². The van der Waals surface area contributed by atoms with E-state index in [0.717, 1.165) is 11.8 Å². The fourth-order valence-electron chi connectivity index (χ4n) is 2.32. The first kappa shape index (κ1) is 17.6. The molecule has 0 atom stereocenters. The van der Waals surface area contributed by atoms with E-state index in [-0.39, 0.29) is 24.6 Å². The molecule has 0 saturated heterocycles. The molecule has 0 radical (unpaired) electrons. The van der Waals surface area contributed by atoms with Gasteiger partial charge in [0.05, 0.1) is 17.5 Å². The van der Waals surface area contributed by atoms with Crippen molar-refractivity contribution >= 4 is 37.5 Å². The number of benzene rings is 2. The van der Waals surface area contributed by atoms with Crippen LogP contribution in [0.4, 0.5) is 5.69 Å². The number of fused-ring (bicyclic) bond motifs is 1. The summed E-state index contributed by atoms with van der Waals surface area (Å²) in [6, 6.07) is 10.1. The van der Waals surface area contributed by atoms with Gasteiger partial charge in [0.2, 0.25) is 16.8 Å². The Hall–Kier alpha value is -2.26. The zero-order valence-electron chi connectivity index (χ0n) is 13.2. The Balaban J connectivity index is 1.76. The van der Waals surface area contributed by atoms with Crippen molar-refractivity contribution in [3.8, 4) is 11.5 Å². The van der Waals surface area contributed by atoms with Gasteiger partial charge in [-0.05, 0) is 35.9 Å². The topological polar surface area (TPSA) is 93.7 Å². The number of halogens is 1. The highest BCUT2D eigenvalue weighted by atomic mass is 79.9. The molecule has 0 aromatic heterocycles. The van der Waals surface area contributed by atoms with Crippen molar-refractivity contribution in [2.24, 2.45) is 0 Å². The molecule has 1 amide bonds.